The summed E-state index contributed by atoms with van der Waals surface area (Å²) in [5.74, 6) is 0.355. The number of aromatic nitrogens is 2. The van der Waals surface area contributed by atoms with Crippen molar-refractivity contribution < 1.29 is 0 Å². The lowest BCUT2D eigenvalue weighted by Crippen LogP contribution is -2.10. The molecule has 0 bridgehead atoms. The van der Waals surface area contributed by atoms with Crippen LogP contribution in [0.3, 0.4) is 0 Å². The van der Waals surface area contributed by atoms with E-state index in [4.69, 9.17) is 23.2 Å². The van der Waals surface area contributed by atoms with E-state index < -0.39 is 0 Å². The number of rotatable bonds is 2. The molecule has 1 heterocycles. The zero-order valence-electron chi connectivity index (χ0n) is 8.92. The summed E-state index contributed by atoms with van der Waals surface area (Å²) in [6.07, 6.45) is 0. The van der Waals surface area contributed by atoms with Crippen molar-refractivity contribution in [2.75, 3.05) is 5.32 Å². The van der Waals surface area contributed by atoms with E-state index in [9.17, 15) is 4.79 Å². The van der Waals surface area contributed by atoms with E-state index in [-0.39, 0.29) is 5.56 Å². The number of anilines is 2. The standard InChI is InChI=1S/C11H9Cl2N3O/c1-6-2-10(17)16-11(14-6)15-9-4-7(12)3-8(13)5-9/h2-5H,1H3,(H2,14,15,16,17). The highest BCUT2D eigenvalue weighted by atomic mass is 35.5. The quantitative estimate of drug-likeness (QED) is 0.881. The minimum Gasteiger partial charge on any atom is -0.326 e. The molecule has 0 unspecified atom stereocenters. The number of H-pyrrole nitrogens is 1. The SMILES string of the molecule is Cc1cc(=O)[nH]c(Nc2cc(Cl)cc(Cl)c2)n1. The Morgan fingerprint density at radius 2 is 1.82 bits per heavy atom. The summed E-state index contributed by atoms with van der Waals surface area (Å²) in [5, 5.41) is 3.95. The molecule has 0 spiro atoms. The molecule has 2 rings (SSSR count). The van der Waals surface area contributed by atoms with Gasteiger partial charge in [-0.1, -0.05) is 23.2 Å². The first-order valence-electron chi connectivity index (χ1n) is 4.84. The first kappa shape index (κ1) is 12.0. The molecular weight excluding hydrogens is 261 g/mol. The number of aryl methyl sites for hydroxylation is 1. The van der Waals surface area contributed by atoms with Crippen LogP contribution in [0.4, 0.5) is 11.6 Å². The molecule has 1 aromatic heterocycles. The topological polar surface area (TPSA) is 57.8 Å². The second-order valence-electron chi connectivity index (χ2n) is 3.52. The molecule has 6 heteroatoms. The maximum Gasteiger partial charge on any atom is 0.252 e. The van der Waals surface area contributed by atoms with Gasteiger partial charge in [0.05, 0.1) is 0 Å². The molecule has 0 saturated heterocycles. The number of hydrogen-bond donors (Lipinski definition) is 2. The van der Waals surface area contributed by atoms with Gasteiger partial charge in [0.2, 0.25) is 5.95 Å². The molecule has 0 aliphatic rings. The number of benzene rings is 1. The van der Waals surface area contributed by atoms with Crippen molar-refractivity contribution in [3.05, 3.63) is 50.4 Å². The zero-order chi connectivity index (χ0) is 12.4. The predicted octanol–water partition coefficient (Wildman–Crippen LogP) is 3.13. The van der Waals surface area contributed by atoms with Crippen molar-refractivity contribution in [2.24, 2.45) is 0 Å². The number of hydrogen-bond acceptors (Lipinski definition) is 3. The summed E-state index contributed by atoms with van der Waals surface area (Å²) in [5.41, 5.74) is 1.08. The number of aromatic amines is 1. The first-order valence-corrected chi connectivity index (χ1v) is 5.59. The Kier molecular flexibility index (Phi) is 3.36. The first-order chi connectivity index (χ1) is 8.02. The van der Waals surface area contributed by atoms with E-state index in [0.29, 0.717) is 27.4 Å². The van der Waals surface area contributed by atoms with Crippen LogP contribution < -0.4 is 10.9 Å². The van der Waals surface area contributed by atoms with Crippen LogP contribution in [0.25, 0.3) is 0 Å². The predicted molar refractivity (Wildman–Crippen MR) is 69.3 cm³/mol. The monoisotopic (exact) mass is 269 g/mol. The fourth-order valence-corrected chi connectivity index (χ4v) is 1.93. The molecule has 0 saturated carbocycles. The second-order valence-corrected chi connectivity index (χ2v) is 4.39. The van der Waals surface area contributed by atoms with Crippen LogP contribution in [0.2, 0.25) is 10.0 Å². The minimum absolute atomic E-state index is 0.215. The Bertz CT molecular complexity index is 590. The van der Waals surface area contributed by atoms with Gasteiger partial charge in [-0.05, 0) is 25.1 Å². The molecule has 4 nitrogen and oxygen atoms in total. The molecule has 0 aliphatic carbocycles. The smallest absolute Gasteiger partial charge is 0.252 e. The molecule has 0 fully saturated rings. The lowest BCUT2D eigenvalue weighted by atomic mass is 10.3. The minimum atomic E-state index is -0.215. The van der Waals surface area contributed by atoms with Crippen LogP contribution in [-0.2, 0) is 0 Å². The second kappa shape index (κ2) is 4.77. The van der Waals surface area contributed by atoms with Crippen LogP contribution >= 0.6 is 23.2 Å². The lowest BCUT2D eigenvalue weighted by molar-refractivity contribution is 1.07. The largest absolute Gasteiger partial charge is 0.326 e. The van der Waals surface area contributed by atoms with Crippen LogP contribution in [0, 0.1) is 6.92 Å². The van der Waals surface area contributed by atoms with Gasteiger partial charge < -0.3 is 5.32 Å². The Balaban J connectivity index is 2.34. The van der Waals surface area contributed by atoms with Crippen LogP contribution in [0.15, 0.2) is 29.1 Å². The lowest BCUT2D eigenvalue weighted by Gasteiger charge is -2.06. The van der Waals surface area contributed by atoms with Gasteiger partial charge in [0, 0.05) is 27.5 Å². The van der Waals surface area contributed by atoms with E-state index in [0.717, 1.165) is 0 Å². The molecule has 0 amide bonds. The normalized spacial score (nSPS) is 10.3. The highest BCUT2D eigenvalue weighted by molar-refractivity contribution is 6.35. The zero-order valence-corrected chi connectivity index (χ0v) is 10.4. The maximum atomic E-state index is 11.2. The van der Waals surface area contributed by atoms with Gasteiger partial charge in [0.25, 0.3) is 5.56 Å². The van der Waals surface area contributed by atoms with Crippen molar-refractivity contribution in [1.29, 1.82) is 0 Å². The third kappa shape index (κ3) is 3.22. The molecule has 0 radical (unpaired) electrons. The van der Waals surface area contributed by atoms with Gasteiger partial charge in [0.15, 0.2) is 0 Å². The molecule has 2 N–H and O–H groups in total. The van der Waals surface area contributed by atoms with Gasteiger partial charge in [0.1, 0.15) is 0 Å². The molecule has 0 aliphatic heterocycles. The van der Waals surface area contributed by atoms with Crippen molar-refractivity contribution in [3.8, 4) is 0 Å². The van der Waals surface area contributed by atoms with Crippen molar-refractivity contribution in [2.45, 2.75) is 6.92 Å². The number of nitrogens with zero attached hydrogens (tertiary/aromatic N) is 1. The molecule has 17 heavy (non-hydrogen) atoms. The van der Waals surface area contributed by atoms with Gasteiger partial charge >= 0.3 is 0 Å². The van der Waals surface area contributed by atoms with Crippen LogP contribution in [0.1, 0.15) is 5.69 Å². The summed E-state index contributed by atoms with van der Waals surface area (Å²) in [6.45, 7) is 1.74. The maximum absolute atomic E-state index is 11.2. The van der Waals surface area contributed by atoms with Crippen LogP contribution in [0.5, 0.6) is 0 Å². The van der Waals surface area contributed by atoms with Gasteiger partial charge in [-0.2, -0.15) is 0 Å². The van der Waals surface area contributed by atoms with Gasteiger partial charge in [-0.25, -0.2) is 4.98 Å². The van der Waals surface area contributed by atoms with Crippen molar-refractivity contribution in [1.82, 2.24) is 9.97 Å². The molecule has 1 aromatic carbocycles. The molecule has 88 valence electrons. The Hall–Kier alpha value is -1.52. The number of halogens is 2. The summed E-state index contributed by atoms with van der Waals surface area (Å²) in [7, 11) is 0. The van der Waals surface area contributed by atoms with Crippen LogP contribution in [-0.4, -0.2) is 9.97 Å². The third-order valence-electron chi connectivity index (χ3n) is 2.00. The van der Waals surface area contributed by atoms with E-state index >= 15 is 0 Å². The highest BCUT2D eigenvalue weighted by Crippen LogP contribution is 2.23. The summed E-state index contributed by atoms with van der Waals surface area (Å²) in [6, 6.07) is 6.42. The summed E-state index contributed by atoms with van der Waals surface area (Å²) >= 11 is 11.7. The van der Waals surface area contributed by atoms with Crippen molar-refractivity contribution >= 4 is 34.8 Å². The number of nitrogens with one attached hydrogen (secondary N) is 2. The molecule has 2 aromatic rings. The highest BCUT2D eigenvalue weighted by Gasteiger charge is 2.01. The summed E-state index contributed by atoms with van der Waals surface area (Å²) < 4.78 is 0. The summed E-state index contributed by atoms with van der Waals surface area (Å²) in [4.78, 5) is 18.0. The fourth-order valence-electron chi connectivity index (χ4n) is 1.40. The average molecular weight is 270 g/mol. The Morgan fingerprint density at radius 1 is 1.18 bits per heavy atom. The average Bonchev–Trinajstić information content (AvgIpc) is 2.13. The van der Waals surface area contributed by atoms with E-state index in [1.54, 1.807) is 25.1 Å². The van der Waals surface area contributed by atoms with E-state index in [2.05, 4.69) is 15.3 Å². The van der Waals surface area contributed by atoms with Crippen molar-refractivity contribution in [3.63, 3.8) is 0 Å². The Labute approximate surface area is 108 Å². The third-order valence-corrected chi connectivity index (χ3v) is 2.43. The molecule has 0 atom stereocenters. The molecular formula is C11H9Cl2N3O. The fraction of sp³-hybridized carbons (Fsp3) is 0.0909. The van der Waals surface area contributed by atoms with E-state index in [1.165, 1.54) is 6.07 Å². The van der Waals surface area contributed by atoms with Gasteiger partial charge in [-0.3, -0.25) is 9.78 Å². The van der Waals surface area contributed by atoms with E-state index in [1.807, 2.05) is 0 Å². The Morgan fingerprint density at radius 3 is 2.41 bits per heavy atom. The van der Waals surface area contributed by atoms with Gasteiger partial charge in [-0.15, -0.1) is 0 Å².